The van der Waals surface area contributed by atoms with Crippen LogP contribution in [0.5, 0.6) is 5.75 Å². The highest BCUT2D eigenvalue weighted by Gasteiger charge is 2.19. The van der Waals surface area contributed by atoms with Gasteiger partial charge in [-0.2, -0.15) is 0 Å². The molecule has 1 N–H and O–H groups in total. The third-order valence-corrected chi connectivity index (χ3v) is 6.98. The van der Waals surface area contributed by atoms with E-state index >= 15 is 0 Å². The normalized spacial score (nSPS) is 11.6. The maximum absolute atomic E-state index is 13.7. The first-order valence-corrected chi connectivity index (χ1v) is 15.2. The lowest BCUT2D eigenvalue weighted by molar-refractivity contribution is 0.0871. The maximum atomic E-state index is 13.7. The number of carbonyl (C=O) groups is 1. The number of hydrogen-bond acceptors (Lipinski definition) is 6. The van der Waals surface area contributed by atoms with Gasteiger partial charge < -0.3 is 24.1 Å². The van der Waals surface area contributed by atoms with Gasteiger partial charge in [-0.3, -0.25) is 9.78 Å². The Morgan fingerprint density at radius 2 is 1.86 bits per heavy atom. The summed E-state index contributed by atoms with van der Waals surface area (Å²) in [7, 11) is 0.404. The fourth-order valence-corrected chi connectivity index (χ4v) is 3.92. The van der Waals surface area contributed by atoms with Crippen LogP contribution in [0.2, 0.25) is 25.7 Å². The molecule has 1 amide bonds. The standard InChI is InChI=1S/C25H32F2N4O4Si/c1-33-20-7-5-18(6-8-20)14-35-15-22-21(24(26)27)11-19(12-28-22)25(32)30-23-13-31(16-29-23)17-34-9-10-36(2,3)4/h5-8,11-13,16,24H,9-10,14-15,17H2,1-4H3,(H,30,32). The number of anilines is 1. The molecule has 0 aliphatic rings. The number of nitrogens with one attached hydrogen (secondary N) is 1. The highest BCUT2D eigenvalue weighted by atomic mass is 28.3. The van der Waals surface area contributed by atoms with E-state index in [0.29, 0.717) is 24.9 Å². The van der Waals surface area contributed by atoms with Crippen LogP contribution in [0.1, 0.15) is 33.6 Å². The van der Waals surface area contributed by atoms with Crippen LogP contribution in [0.4, 0.5) is 14.6 Å². The van der Waals surface area contributed by atoms with Gasteiger partial charge >= 0.3 is 0 Å². The fourth-order valence-electron chi connectivity index (χ4n) is 3.16. The van der Waals surface area contributed by atoms with Gasteiger partial charge in [-0.1, -0.05) is 31.8 Å². The molecule has 0 radical (unpaired) electrons. The summed E-state index contributed by atoms with van der Waals surface area (Å²) in [6.07, 6.45) is 1.60. The van der Waals surface area contributed by atoms with E-state index in [1.165, 1.54) is 12.5 Å². The Morgan fingerprint density at radius 3 is 2.53 bits per heavy atom. The van der Waals surface area contributed by atoms with Crippen LogP contribution < -0.4 is 10.1 Å². The monoisotopic (exact) mass is 518 g/mol. The first-order valence-electron chi connectivity index (χ1n) is 11.5. The lowest BCUT2D eigenvalue weighted by atomic mass is 10.1. The van der Waals surface area contributed by atoms with Crippen molar-refractivity contribution in [2.45, 2.75) is 52.1 Å². The maximum Gasteiger partial charge on any atom is 0.265 e. The quantitative estimate of drug-likeness (QED) is 0.237. The second kappa shape index (κ2) is 12.7. The van der Waals surface area contributed by atoms with Crippen LogP contribution in [0.25, 0.3) is 0 Å². The van der Waals surface area contributed by atoms with Gasteiger partial charge in [-0.15, -0.1) is 0 Å². The van der Waals surface area contributed by atoms with E-state index in [4.69, 9.17) is 14.2 Å². The van der Waals surface area contributed by atoms with Gasteiger partial charge in [0.1, 0.15) is 12.5 Å². The number of hydrogen-bond donors (Lipinski definition) is 1. The number of nitrogens with zero attached hydrogens (tertiary/aromatic N) is 3. The average molecular weight is 519 g/mol. The molecule has 0 bridgehead atoms. The van der Waals surface area contributed by atoms with Gasteiger partial charge in [0.05, 0.1) is 44.1 Å². The van der Waals surface area contributed by atoms with Crippen molar-refractivity contribution < 1.29 is 27.8 Å². The number of imidazole rings is 1. The zero-order chi connectivity index (χ0) is 26.1. The summed E-state index contributed by atoms with van der Waals surface area (Å²) in [4.78, 5) is 20.8. The molecule has 2 aromatic heterocycles. The summed E-state index contributed by atoms with van der Waals surface area (Å²) < 4.78 is 45.4. The smallest absolute Gasteiger partial charge is 0.265 e. The average Bonchev–Trinajstić information content (AvgIpc) is 3.28. The van der Waals surface area contributed by atoms with E-state index in [2.05, 4.69) is 34.9 Å². The van der Waals surface area contributed by atoms with Crippen LogP contribution in [-0.4, -0.2) is 42.2 Å². The van der Waals surface area contributed by atoms with Crippen molar-refractivity contribution in [1.82, 2.24) is 14.5 Å². The molecule has 8 nitrogen and oxygen atoms in total. The molecule has 3 aromatic rings. The number of alkyl halides is 2. The minimum Gasteiger partial charge on any atom is -0.497 e. The molecule has 0 atom stereocenters. The van der Waals surface area contributed by atoms with Crippen LogP contribution in [0.3, 0.4) is 0 Å². The van der Waals surface area contributed by atoms with Crippen molar-refractivity contribution in [1.29, 1.82) is 0 Å². The lowest BCUT2D eigenvalue weighted by Gasteiger charge is -2.15. The molecule has 0 aliphatic heterocycles. The number of benzene rings is 1. The SMILES string of the molecule is COc1ccc(COCc2ncc(C(=O)Nc3cn(COCC[Si](C)(C)C)cn3)cc2C(F)F)cc1. The molecule has 0 saturated heterocycles. The van der Waals surface area contributed by atoms with Crippen LogP contribution in [-0.2, 0) is 29.4 Å². The van der Waals surface area contributed by atoms with Gasteiger partial charge in [0.25, 0.3) is 12.3 Å². The zero-order valence-electron chi connectivity index (χ0n) is 21.0. The molecule has 0 unspecified atom stereocenters. The summed E-state index contributed by atoms with van der Waals surface area (Å²) in [6.45, 7) is 7.91. The molecular weight excluding hydrogens is 486 g/mol. The summed E-state index contributed by atoms with van der Waals surface area (Å²) in [5, 5.41) is 2.61. The predicted octanol–water partition coefficient (Wildman–Crippen LogP) is 5.51. The van der Waals surface area contributed by atoms with Gasteiger partial charge in [0, 0.05) is 26.4 Å². The molecule has 0 spiro atoms. The van der Waals surface area contributed by atoms with Crippen molar-refractivity contribution in [2.24, 2.45) is 0 Å². The highest BCUT2D eigenvalue weighted by Crippen LogP contribution is 2.24. The van der Waals surface area contributed by atoms with E-state index in [1.807, 2.05) is 12.1 Å². The van der Waals surface area contributed by atoms with Crippen LogP contribution in [0.15, 0.2) is 49.1 Å². The van der Waals surface area contributed by atoms with Crippen molar-refractivity contribution in [3.05, 3.63) is 71.4 Å². The van der Waals surface area contributed by atoms with Crippen molar-refractivity contribution in [3.8, 4) is 5.75 Å². The van der Waals surface area contributed by atoms with Crippen LogP contribution >= 0.6 is 0 Å². The molecule has 11 heteroatoms. The van der Waals surface area contributed by atoms with E-state index in [0.717, 1.165) is 17.7 Å². The molecule has 0 saturated carbocycles. The summed E-state index contributed by atoms with van der Waals surface area (Å²) >= 11 is 0. The first kappa shape index (κ1) is 27.4. The second-order valence-electron chi connectivity index (χ2n) is 9.48. The minimum atomic E-state index is -2.81. The van der Waals surface area contributed by atoms with Gasteiger partial charge in [-0.05, 0) is 29.8 Å². The summed E-state index contributed by atoms with van der Waals surface area (Å²) in [5.74, 6) is 0.422. The van der Waals surface area contributed by atoms with Crippen molar-refractivity contribution >= 4 is 19.8 Å². The Balaban J connectivity index is 1.55. The van der Waals surface area contributed by atoms with E-state index < -0.39 is 20.4 Å². The third-order valence-electron chi connectivity index (χ3n) is 5.28. The van der Waals surface area contributed by atoms with E-state index in [-0.39, 0.29) is 30.0 Å². The molecular formula is C25H32F2N4O4Si. The number of rotatable bonds is 13. The molecule has 0 aliphatic carbocycles. The highest BCUT2D eigenvalue weighted by molar-refractivity contribution is 6.76. The fraction of sp³-hybridized carbons (Fsp3) is 0.400. The number of halogens is 2. The first-order chi connectivity index (χ1) is 17.1. The predicted molar refractivity (Wildman–Crippen MR) is 135 cm³/mol. The van der Waals surface area contributed by atoms with Crippen molar-refractivity contribution in [2.75, 3.05) is 19.0 Å². The van der Waals surface area contributed by atoms with E-state index in [9.17, 15) is 13.6 Å². The Hall–Kier alpha value is -3.15. The zero-order valence-corrected chi connectivity index (χ0v) is 22.0. The Labute approximate surface area is 210 Å². The largest absolute Gasteiger partial charge is 0.497 e. The topological polar surface area (TPSA) is 87.5 Å². The molecule has 2 heterocycles. The number of ether oxygens (including phenoxy) is 3. The van der Waals surface area contributed by atoms with Gasteiger partial charge in [0.2, 0.25) is 0 Å². The van der Waals surface area contributed by atoms with Gasteiger partial charge in [-0.25, -0.2) is 13.8 Å². The number of amides is 1. The third kappa shape index (κ3) is 8.50. The molecule has 0 fully saturated rings. The number of aromatic nitrogens is 3. The molecule has 1 aromatic carbocycles. The molecule has 3 rings (SSSR count). The van der Waals surface area contributed by atoms with E-state index in [1.54, 1.807) is 30.0 Å². The summed E-state index contributed by atoms with van der Waals surface area (Å²) in [6, 6.07) is 9.42. The molecule has 36 heavy (non-hydrogen) atoms. The minimum absolute atomic E-state index is 0.00476. The number of carbonyl (C=O) groups excluding carboxylic acids is 1. The van der Waals surface area contributed by atoms with Crippen LogP contribution in [0, 0.1) is 0 Å². The lowest BCUT2D eigenvalue weighted by Crippen LogP contribution is -2.21. The number of methoxy groups -OCH3 is 1. The Kier molecular flexibility index (Phi) is 9.68. The molecule has 194 valence electrons. The summed E-state index contributed by atoms with van der Waals surface area (Å²) in [5.41, 5.74) is 0.602. The Bertz CT molecular complexity index is 1130. The van der Waals surface area contributed by atoms with Gasteiger partial charge in [0.15, 0.2) is 5.82 Å². The number of pyridine rings is 1. The van der Waals surface area contributed by atoms with Crippen molar-refractivity contribution in [3.63, 3.8) is 0 Å². The second-order valence-corrected chi connectivity index (χ2v) is 15.1. The Morgan fingerprint density at radius 1 is 1.11 bits per heavy atom.